The second-order valence-corrected chi connectivity index (χ2v) is 8.32. The first kappa shape index (κ1) is 20.1. The van der Waals surface area contributed by atoms with Crippen molar-refractivity contribution in [3.63, 3.8) is 0 Å². The molecule has 4 rings (SSSR count). The van der Waals surface area contributed by atoms with Crippen LogP contribution in [-0.4, -0.2) is 34.8 Å². The van der Waals surface area contributed by atoms with Crippen molar-refractivity contribution in [3.05, 3.63) is 47.1 Å². The van der Waals surface area contributed by atoms with Gasteiger partial charge in [0.15, 0.2) is 5.82 Å². The highest BCUT2D eigenvalue weighted by atomic mass is 16.5. The van der Waals surface area contributed by atoms with Crippen LogP contribution < -0.4 is 0 Å². The molecule has 0 bridgehead atoms. The van der Waals surface area contributed by atoms with Gasteiger partial charge in [-0.2, -0.15) is 10.2 Å². The van der Waals surface area contributed by atoms with Gasteiger partial charge in [0.05, 0.1) is 24.3 Å². The molecule has 1 saturated heterocycles. The third-order valence-electron chi connectivity index (χ3n) is 6.15. The van der Waals surface area contributed by atoms with Crippen LogP contribution in [0.25, 0.3) is 0 Å². The molecule has 1 aliphatic carbocycles. The zero-order chi connectivity index (χ0) is 19.9. The number of aromatic nitrogens is 2. The summed E-state index contributed by atoms with van der Waals surface area (Å²) in [6.45, 7) is 3.38. The zero-order valence-electron chi connectivity index (χ0n) is 17.1. The number of rotatable bonds is 8. The Bertz CT molecular complexity index is 805. The van der Waals surface area contributed by atoms with E-state index < -0.39 is 0 Å². The summed E-state index contributed by atoms with van der Waals surface area (Å²) < 4.78 is 11.5. The minimum atomic E-state index is 0.167. The van der Waals surface area contributed by atoms with Crippen LogP contribution in [0.4, 0.5) is 0 Å². The van der Waals surface area contributed by atoms with Crippen LogP contribution in [0.5, 0.6) is 0 Å². The van der Waals surface area contributed by atoms with Crippen molar-refractivity contribution in [3.8, 4) is 6.07 Å². The van der Waals surface area contributed by atoms with E-state index in [2.05, 4.69) is 21.1 Å². The highest BCUT2D eigenvalue weighted by molar-refractivity contribution is 5.31. The van der Waals surface area contributed by atoms with E-state index in [9.17, 15) is 0 Å². The third kappa shape index (κ3) is 5.43. The van der Waals surface area contributed by atoms with Crippen molar-refractivity contribution in [2.45, 2.75) is 64.0 Å². The van der Waals surface area contributed by atoms with Crippen LogP contribution in [0.1, 0.15) is 73.8 Å². The lowest BCUT2D eigenvalue weighted by Gasteiger charge is -2.33. The van der Waals surface area contributed by atoms with Gasteiger partial charge in [0.1, 0.15) is 0 Å². The lowest BCUT2D eigenvalue weighted by atomic mass is 10.0. The maximum atomic E-state index is 8.98. The summed E-state index contributed by atoms with van der Waals surface area (Å²) >= 11 is 0. The quantitative estimate of drug-likeness (QED) is 0.617. The zero-order valence-corrected chi connectivity index (χ0v) is 17.1. The summed E-state index contributed by atoms with van der Waals surface area (Å²) in [5, 5.41) is 13.2. The van der Waals surface area contributed by atoms with Crippen LogP contribution in [-0.2, 0) is 17.7 Å². The van der Waals surface area contributed by atoms with Gasteiger partial charge >= 0.3 is 0 Å². The van der Waals surface area contributed by atoms with Gasteiger partial charge in [0.2, 0.25) is 5.89 Å². The molecule has 29 heavy (non-hydrogen) atoms. The third-order valence-corrected chi connectivity index (χ3v) is 6.15. The summed E-state index contributed by atoms with van der Waals surface area (Å²) in [7, 11) is 0. The highest BCUT2D eigenvalue weighted by Crippen LogP contribution is 2.31. The molecule has 154 valence electrons. The highest BCUT2D eigenvalue weighted by Gasteiger charge is 2.28. The van der Waals surface area contributed by atoms with Gasteiger partial charge in [0.25, 0.3) is 0 Å². The maximum Gasteiger partial charge on any atom is 0.244 e. The summed E-state index contributed by atoms with van der Waals surface area (Å²) in [4.78, 5) is 7.10. The second kappa shape index (κ2) is 10.00. The monoisotopic (exact) mass is 394 g/mol. The Balaban J connectivity index is 1.31. The van der Waals surface area contributed by atoms with Crippen molar-refractivity contribution < 1.29 is 9.26 Å². The number of hydrogen-bond donors (Lipinski definition) is 0. The van der Waals surface area contributed by atoms with E-state index in [-0.39, 0.29) is 6.04 Å². The van der Waals surface area contributed by atoms with Gasteiger partial charge < -0.3 is 9.26 Å². The predicted octanol–water partition coefficient (Wildman–Crippen LogP) is 4.42. The largest absolute Gasteiger partial charge is 0.381 e. The summed E-state index contributed by atoms with van der Waals surface area (Å²) in [6, 6.07) is 10.2. The van der Waals surface area contributed by atoms with Crippen LogP contribution in [0, 0.1) is 17.2 Å². The molecule has 2 heterocycles. The molecule has 1 unspecified atom stereocenters. The van der Waals surface area contributed by atoms with E-state index in [0.29, 0.717) is 18.6 Å². The Kier molecular flexibility index (Phi) is 6.91. The summed E-state index contributed by atoms with van der Waals surface area (Å²) in [5.74, 6) is 2.22. The van der Waals surface area contributed by atoms with Crippen molar-refractivity contribution in [1.82, 2.24) is 15.0 Å². The molecule has 6 heteroatoms. The van der Waals surface area contributed by atoms with Gasteiger partial charge in [-0.25, -0.2) is 0 Å². The lowest BCUT2D eigenvalue weighted by molar-refractivity contribution is 0.102. The number of benzene rings is 1. The standard InChI is InChI=1S/C23H30N4O2/c24-15-18-8-10-19(11-9-18)16-27-13-4-3-7-21(27)23-25-22(26-29-23)12-14-28-17-20-5-1-2-6-20/h8-11,20-21H,1-7,12-14,16-17H2. The van der Waals surface area contributed by atoms with Crippen molar-refractivity contribution in [2.75, 3.05) is 19.8 Å². The van der Waals surface area contributed by atoms with Crippen LogP contribution in [0.2, 0.25) is 0 Å². The van der Waals surface area contributed by atoms with Crippen LogP contribution in [0.3, 0.4) is 0 Å². The molecule has 0 amide bonds. The van der Waals surface area contributed by atoms with Crippen molar-refractivity contribution in [1.29, 1.82) is 5.26 Å². The molecular weight excluding hydrogens is 364 g/mol. The van der Waals surface area contributed by atoms with Crippen molar-refractivity contribution in [2.24, 2.45) is 5.92 Å². The van der Waals surface area contributed by atoms with E-state index >= 15 is 0 Å². The molecule has 1 saturated carbocycles. The number of ether oxygens (including phenoxy) is 1. The van der Waals surface area contributed by atoms with Gasteiger partial charge in [-0.05, 0) is 55.8 Å². The molecule has 0 spiro atoms. The van der Waals surface area contributed by atoms with Gasteiger partial charge in [0, 0.05) is 19.6 Å². The Morgan fingerprint density at radius 1 is 1.10 bits per heavy atom. The van der Waals surface area contributed by atoms with E-state index in [1.807, 2.05) is 24.3 Å². The second-order valence-electron chi connectivity index (χ2n) is 8.32. The topological polar surface area (TPSA) is 75.2 Å². The molecular formula is C23H30N4O2. The van der Waals surface area contributed by atoms with E-state index in [1.165, 1.54) is 44.1 Å². The molecule has 1 atom stereocenters. The Morgan fingerprint density at radius 2 is 1.90 bits per heavy atom. The van der Waals surface area contributed by atoms with Gasteiger partial charge in [-0.3, -0.25) is 4.90 Å². The fourth-order valence-electron chi connectivity index (χ4n) is 4.47. The molecule has 0 N–H and O–H groups in total. The normalized spacial score (nSPS) is 20.7. The first-order valence-corrected chi connectivity index (χ1v) is 10.9. The minimum absolute atomic E-state index is 0.167. The number of likely N-dealkylation sites (tertiary alicyclic amines) is 1. The Hall–Kier alpha value is -2.23. The molecule has 2 aromatic rings. The first-order chi connectivity index (χ1) is 14.3. The average molecular weight is 395 g/mol. The average Bonchev–Trinajstić information content (AvgIpc) is 3.44. The number of nitriles is 1. The fraction of sp³-hybridized carbons (Fsp3) is 0.609. The Labute approximate surface area is 172 Å². The maximum absolute atomic E-state index is 8.98. The van der Waals surface area contributed by atoms with E-state index in [4.69, 9.17) is 14.5 Å². The molecule has 1 aromatic carbocycles. The SMILES string of the molecule is N#Cc1ccc(CN2CCCCC2c2nc(CCOCC3CCCC3)no2)cc1. The molecule has 2 aliphatic rings. The lowest BCUT2D eigenvalue weighted by Crippen LogP contribution is -2.33. The Morgan fingerprint density at radius 3 is 2.69 bits per heavy atom. The molecule has 1 aliphatic heterocycles. The number of piperidine rings is 1. The number of nitrogens with zero attached hydrogens (tertiary/aromatic N) is 4. The van der Waals surface area contributed by atoms with Gasteiger partial charge in [-0.1, -0.05) is 36.6 Å². The van der Waals surface area contributed by atoms with E-state index in [1.54, 1.807) is 0 Å². The van der Waals surface area contributed by atoms with Crippen LogP contribution in [0.15, 0.2) is 28.8 Å². The minimum Gasteiger partial charge on any atom is -0.381 e. The smallest absolute Gasteiger partial charge is 0.244 e. The first-order valence-electron chi connectivity index (χ1n) is 10.9. The predicted molar refractivity (Wildman–Crippen MR) is 109 cm³/mol. The van der Waals surface area contributed by atoms with Crippen molar-refractivity contribution >= 4 is 0 Å². The molecule has 6 nitrogen and oxygen atoms in total. The fourth-order valence-corrected chi connectivity index (χ4v) is 4.47. The number of hydrogen-bond acceptors (Lipinski definition) is 6. The summed E-state index contributed by atoms with van der Waals surface area (Å²) in [5.41, 5.74) is 1.90. The molecule has 2 fully saturated rings. The molecule has 1 aromatic heterocycles. The van der Waals surface area contributed by atoms with Crippen LogP contribution >= 0.6 is 0 Å². The molecule has 0 radical (unpaired) electrons. The van der Waals surface area contributed by atoms with E-state index in [0.717, 1.165) is 43.8 Å². The van der Waals surface area contributed by atoms with Gasteiger partial charge in [-0.15, -0.1) is 0 Å². The summed E-state index contributed by atoms with van der Waals surface area (Å²) in [6.07, 6.45) is 9.42.